The summed E-state index contributed by atoms with van der Waals surface area (Å²) >= 11 is 5.74. The average Bonchev–Trinajstić information content (AvgIpc) is 2.39. The smallest absolute Gasteiger partial charge is 0.325 e. The number of alkyl halides is 1. The fourth-order valence-corrected chi connectivity index (χ4v) is 1.74. The number of hydrogen-bond acceptors (Lipinski definition) is 3. The lowest BCUT2D eigenvalue weighted by molar-refractivity contribution is -0.140. The number of ether oxygens (including phenoxy) is 1. The van der Waals surface area contributed by atoms with E-state index >= 15 is 0 Å². The predicted octanol–water partition coefficient (Wildman–Crippen LogP) is 1.74. The first-order chi connectivity index (χ1) is 8.93. The van der Waals surface area contributed by atoms with Gasteiger partial charge in [0.05, 0.1) is 13.5 Å². The van der Waals surface area contributed by atoms with Crippen molar-refractivity contribution < 1.29 is 14.3 Å². The highest BCUT2D eigenvalue weighted by molar-refractivity contribution is 6.30. The van der Waals surface area contributed by atoms with Crippen molar-refractivity contribution >= 4 is 23.5 Å². The van der Waals surface area contributed by atoms with Gasteiger partial charge in [-0.2, -0.15) is 0 Å². The van der Waals surface area contributed by atoms with Crippen LogP contribution in [-0.2, 0) is 20.7 Å². The van der Waals surface area contributed by atoms with Crippen LogP contribution in [0.4, 0.5) is 0 Å². The van der Waals surface area contributed by atoms with Crippen LogP contribution in [0, 0.1) is 13.8 Å². The number of nitrogens with one attached hydrogen (secondary N) is 1. The summed E-state index contributed by atoms with van der Waals surface area (Å²) in [6, 6.07) is 5.88. The van der Waals surface area contributed by atoms with Crippen molar-refractivity contribution in [3.05, 3.63) is 34.9 Å². The fourth-order valence-electron chi connectivity index (χ4n) is 1.58. The first kappa shape index (κ1) is 15.5. The fraction of sp³-hybridized carbons (Fsp3) is 0.429. The van der Waals surface area contributed by atoms with Gasteiger partial charge in [0.1, 0.15) is 5.38 Å². The number of halogens is 1. The molecule has 1 amide bonds. The molecule has 1 aromatic rings. The number of esters is 1. The van der Waals surface area contributed by atoms with Crippen molar-refractivity contribution in [2.24, 2.45) is 0 Å². The topological polar surface area (TPSA) is 55.4 Å². The quantitative estimate of drug-likeness (QED) is 0.661. The first-order valence-corrected chi connectivity index (χ1v) is 6.42. The number of methoxy groups -OCH3 is 1. The lowest BCUT2D eigenvalue weighted by atomic mass is 10.0. The number of benzene rings is 1. The molecule has 0 aliphatic rings. The summed E-state index contributed by atoms with van der Waals surface area (Å²) in [6.07, 6.45) is 0.270. The van der Waals surface area contributed by atoms with E-state index < -0.39 is 11.3 Å². The monoisotopic (exact) mass is 283 g/mol. The highest BCUT2D eigenvalue weighted by atomic mass is 35.5. The van der Waals surface area contributed by atoms with Crippen molar-refractivity contribution in [1.82, 2.24) is 5.32 Å². The minimum Gasteiger partial charge on any atom is -0.468 e. The van der Waals surface area contributed by atoms with Gasteiger partial charge < -0.3 is 10.1 Å². The summed E-state index contributed by atoms with van der Waals surface area (Å²) in [7, 11) is 1.26. The molecule has 104 valence electrons. The first-order valence-electron chi connectivity index (χ1n) is 5.98. The number of hydrogen-bond donors (Lipinski definition) is 1. The molecule has 0 heterocycles. The molecule has 0 saturated heterocycles. The Labute approximate surface area is 118 Å². The van der Waals surface area contributed by atoms with E-state index in [1.54, 1.807) is 0 Å². The van der Waals surface area contributed by atoms with Crippen LogP contribution < -0.4 is 5.32 Å². The summed E-state index contributed by atoms with van der Waals surface area (Å²) in [6.45, 7) is 4.09. The van der Waals surface area contributed by atoms with Crippen LogP contribution in [0.2, 0.25) is 0 Å². The van der Waals surface area contributed by atoms with E-state index in [1.165, 1.54) is 12.7 Å². The Morgan fingerprint density at radius 2 is 2.00 bits per heavy atom. The van der Waals surface area contributed by atoms with E-state index in [1.807, 2.05) is 32.0 Å². The SMILES string of the molecule is COC(=O)C(Cl)CNC(=O)Cc1ccc(C)c(C)c1. The summed E-state index contributed by atoms with van der Waals surface area (Å²) in [5.74, 6) is -0.717. The molecule has 0 spiro atoms. The van der Waals surface area contributed by atoms with Gasteiger partial charge in [-0.25, -0.2) is 0 Å². The molecule has 4 nitrogen and oxygen atoms in total. The third kappa shape index (κ3) is 4.91. The zero-order chi connectivity index (χ0) is 14.4. The van der Waals surface area contributed by atoms with Crippen LogP contribution >= 0.6 is 11.6 Å². The predicted molar refractivity (Wildman–Crippen MR) is 74.3 cm³/mol. The van der Waals surface area contributed by atoms with Crippen molar-refractivity contribution in [3.8, 4) is 0 Å². The molecule has 0 bridgehead atoms. The number of rotatable bonds is 5. The third-order valence-corrected chi connectivity index (χ3v) is 3.20. The van der Waals surface area contributed by atoms with Gasteiger partial charge in [0, 0.05) is 6.54 Å². The molecule has 1 atom stereocenters. The number of carbonyl (C=O) groups excluding carboxylic acids is 2. The van der Waals surface area contributed by atoms with E-state index in [0.717, 1.165) is 11.1 Å². The maximum atomic E-state index is 11.7. The molecule has 1 aromatic carbocycles. The van der Waals surface area contributed by atoms with Crippen LogP contribution in [-0.4, -0.2) is 30.9 Å². The van der Waals surface area contributed by atoms with Crippen molar-refractivity contribution in [2.45, 2.75) is 25.6 Å². The van der Waals surface area contributed by atoms with Crippen LogP contribution in [0.15, 0.2) is 18.2 Å². The molecule has 1 rings (SSSR count). The zero-order valence-corrected chi connectivity index (χ0v) is 12.1. The number of carbonyl (C=O) groups is 2. The molecule has 0 fully saturated rings. The molecule has 1 unspecified atom stereocenters. The highest BCUT2D eigenvalue weighted by Crippen LogP contribution is 2.10. The average molecular weight is 284 g/mol. The van der Waals surface area contributed by atoms with Gasteiger partial charge in [-0.05, 0) is 30.5 Å². The van der Waals surface area contributed by atoms with Gasteiger partial charge in [0.2, 0.25) is 5.91 Å². The standard InChI is InChI=1S/C14H18ClNO3/c1-9-4-5-11(6-10(9)2)7-13(17)16-8-12(15)14(18)19-3/h4-6,12H,7-8H2,1-3H3,(H,16,17). The van der Waals surface area contributed by atoms with Crippen molar-refractivity contribution in [3.63, 3.8) is 0 Å². The second-order valence-electron chi connectivity index (χ2n) is 4.39. The van der Waals surface area contributed by atoms with E-state index in [0.29, 0.717) is 0 Å². The molecule has 0 saturated carbocycles. The van der Waals surface area contributed by atoms with E-state index in [4.69, 9.17) is 11.6 Å². The Bertz CT molecular complexity index is 474. The van der Waals surface area contributed by atoms with Gasteiger partial charge in [0.25, 0.3) is 0 Å². The largest absolute Gasteiger partial charge is 0.468 e. The molecule has 19 heavy (non-hydrogen) atoms. The molecule has 0 aliphatic carbocycles. The summed E-state index contributed by atoms with van der Waals surface area (Å²) in [4.78, 5) is 22.8. The molecule has 0 aromatic heterocycles. The molecule has 0 aliphatic heterocycles. The summed E-state index contributed by atoms with van der Waals surface area (Å²) in [5, 5.41) is 1.76. The minimum atomic E-state index is -0.853. The molecule has 0 radical (unpaired) electrons. The zero-order valence-electron chi connectivity index (χ0n) is 11.3. The van der Waals surface area contributed by atoms with Crippen LogP contribution in [0.1, 0.15) is 16.7 Å². The Morgan fingerprint density at radius 1 is 1.32 bits per heavy atom. The summed E-state index contributed by atoms with van der Waals surface area (Å²) in [5.41, 5.74) is 3.27. The van der Waals surface area contributed by atoms with Gasteiger partial charge in [-0.15, -0.1) is 11.6 Å². The Morgan fingerprint density at radius 3 is 2.58 bits per heavy atom. The van der Waals surface area contributed by atoms with Gasteiger partial charge in [-0.3, -0.25) is 9.59 Å². The molecular weight excluding hydrogens is 266 g/mol. The van der Waals surface area contributed by atoms with Crippen LogP contribution in [0.25, 0.3) is 0 Å². The van der Waals surface area contributed by atoms with E-state index in [-0.39, 0.29) is 18.9 Å². The van der Waals surface area contributed by atoms with Crippen LogP contribution in [0.5, 0.6) is 0 Å². The third-order valence-electron chi connectivity index (χ3n) is 2.87. The van der Waals surface area contributed by atoms with Crippen molar-refractivity contribution in [2.75, 3.05) is 13.7 Å². The normalized spacial score (nSPS) is 11.8. The maximum absolute atomic E-state index is 11.7. The lowest BCUT2D eigenvalue weighted by Gasteiger charge is -2.09. The Kier molecular flexibility index (Phi) is 5.83. The molecule has 5 heteroatoms. The lowest BCUT2D eigenvalue weighted by Crippen LogP contribution is -2.35. The van der Waals surface area contributed by atoms with Gasteiger partial charge >= 0.3 is 5.97 Å². The number of aryl methyl sites for hydroxylation is 2. The highest BCUT2D eigenvalue weighted by Gasteiger charge is 2.16. The summed E-state index contributed by atoms with van der Waals surface area (Å²) < 4.78 is 4.47. The molecular formula is C14H18ClNO3. The second-order valence-corrected chi connectivity index (χ2v) is 4.92. The van der Waals surface area contributed by atoms with Gasteiger partial charge in [-0.1, -0.05) is 18.2 Å². The van der Waals surface area contributed by atoms with Crippen molar-refractivity contribution in [1.29, 1.82) is 0 Å². The second kappa shape index (κ2) is 7.14. The Hall–Kier alpha value is -1.55. The maximum Gasteiger partial charge on any atom is 0.325 e. The van der Waals surface area contributed by atoms with Gasteiger partial charge in [0.15, 0.2) is 0 Å². The van der Waals surface area contributed by atoms with E-state index in [9.17, 15) is 9.59 Å². The molecule has 1 N–H and O–H groups in total. The number of amides is 1. The van der Waals surface area contributed by atoms with Crippen LogP contribution in [0.3, 0.4) is 0 Å². The van der Waals surface area contributed by atoms with E-state index in [2.05, 4.69) is 10.1 Å². The Balaban J connectivity index is 2.47. The minimum absolute atomic E-state index is 0.0674.